The quantitative estimate of drug-likeness (QED) is 0.668. The molecule has 2 aromatic carbocycles. The Labute approximate surface area is 127 Å². The Morgan fingerprint density at radius 3 is 2.52 bits per heavy atom. The van der Waals surface area contributed by atoms with E-state index in [1.807, 2.05) is 32.0 Å². The highest BCUT2D eigenvalue weighted by Gasteiger charge is 2.08. The van der Waals surface area contributed by atoms with Gasteiger partial charge >= 0.3 is 0 Å². The van der Waals surface area contributed by atoms with Gasteiger partial charge in [0.25, 0.3) is 0 Å². The topological polar surface area (TPSA) is 55.1 Å². The van der Waals surface area contributed by atoms with E-state index in [-0.39, 0.29) is 11.7 Å². The Balaban J connectivity index is 1.99. The highest BCUT2D eigenvalue weighted by Crippen LogP contribution is 2.23. The predicted octanol–water partition coefficient (Wildman–Crippen LogP) is 3.76. The maximum absolute atomic E-state index is 13.2. The van der Waals surface area contributed by atoms with Crippen LogP contribution in [-0.4, -0.2) is 11.7 Å². The number of carbonyl (C=O) groups excluding carboxylic acids is 1. The summed E-state index contributed by atoms with van der Waals surface area (Å²) in [6, 6.07) is 10.1. The van der Waals surface area contributed by atoms with Crippen LogP contribution >= 0.6 is 11.8 Å². The summed E-state index contributed by atoms with van der Waals surface area (Å²) in [5.41, 5.74) is 8.80. The fourth-order valence-electron chi connectivity index (χ4n) is 2.00. The van der Waals surface area contributed by atoms with Gasteiger partial charge in [0.15, 0.2) is 0 Å². The molecule has 0 unspecified atom stereocenters. The number of hydrogen-bond donors (Lipinski definition) is 2. The molecule has 0 aliphatic carbocycles. The number of nitrogens with one attached hydrogen (secondary N) is 1. The van der Waals surface area contributed by atoms with E-state index in [4.69, 9.17) is 5.73 Å². The molecule has 0 saturated carbocycles. The third-order valence-electron chi connectivity index (χ3n) is 3.01. The lowest BCUT2D eigenvalue weighted by atomic mass is 10.1. The van der Waals surface area contributed by atoms with Crippen molar-refractivity contribution < 1.29 is 9.18 Å². The normalized spacial score (nSPS) is 10.4. The molecule has 0 aliphatic heterocycles. The van der Waals surface area contributed by atoms with Crippen molar-refractivity contribution in [2.24, 2.45) is 0 Å². The summed E-state index contributed by atoms with van der Waals surface area (Å²) in [4.78, 5) is 12.6. The zero-order valence-electron chi connectivity index (χ0n) is 11.9. The van der Waals surface area contributed by atoms with Crippen LogP contribution in [0.25, 0.3) is 0 Å². The summed E-state index contributed by atoms with van der Waals surface area (Å²) >= 11 is 1.26. The van der Waals surface area contributed by atoms with Gasteiger partial charge in [0.2, 0.25) is 5.91 Å². The number of carbonyl (C=O) groups is 1. The van der Waals surface area contributed by atoms with Crippen molar-refractivity contribution in [2.75, 3.05) is 16.8 Å². The van der Waals surface area contributed by atoms with Crippen LogP contribution in [0.5, 0.6) is 0 Å². The van der Waals surface area contributed by atoms with Gasteiger partial charge in [-0.05, 0) is 43.2 Å². The van der Waals surface area contributed by atoms with Crippen LogP contribution in [0.2, 0.25) is 0 Å². The summed E-state index contributed by atoms with van der Waals surface area (Å²) < 4.78 is 13.2. The molecule has 0 spiro atoms. The second kappa shape index (κ2) is 6.63. The second-order valence-corrected chi connectivity index (χ2v) is 5.87. The summed E-state index contributed by atoms with van der Waals surface area (Å²) in [5.74, 6) is -0.315. The first-order valence-electron chi connectivity index (χ1n) is 6.50. The largest absolute Gasteiger partial charge is 0.399 e. The van der Waals surface area contributed by atoms with E-state index >= 15 is 0 Å². The van der Waals surface area contributed by atoms with Crippen molar-refractivity contribution in [3.63, 3.8) is 0 Å². The molecule has 0 fully saturated rings. The molecule has 3 N–H and O–H groups in total. The van der Waals surface area contributed by atoms with Crippen molar-refractivity contribution in [2.45, 2.75) is 18.7 Å². The summed E-state index contributed by atoms with van der Waals surface area (Å²) in [5, 5.41) is 2.89. The molecule has 2 aromatic rings. The molecule has 1 amide bonds. The third kappa shape index (κ3) is 4.23. The molecule has 0 bridgehead atoms. The molecule has 0 saturated heterocycles. The minimum absolute atomic E-state index is 0.125. The van der Waals surface area contributed by atoms with E-state index < -0.39 is 5.82 Å². The fourth-order valence-corrected chi connectivity index (χ4v) is 2.79. The Morgan fingerprint density at radius 1 is 1.24 bits per heavy atom. The van der Waals surface area contributed by atoms with Gasteiger partial charge in [-0.15, -0.1) is 11.8 Å². The van der Waals surface area contributed by atoms with Crippen molar-refractivity contribution in [3.05, 3.63) is 53.3 Å². The van der Waals surface area contributed by atoms with Gasteiger partial charge in [0.1, 0.15) is 5.82 Å². The van der Waals surface area contributed by atoms with Gasteiger partial charge in [-0.25, -0.2) is 4.39 Å². The monoisotopic (exact) mass is 304 g/mol. The average molecular weight is 304 g/mol. The number of rotatable bonds is 4. The second-order valence-electron chi connectivity index (χ2n) is 4.82. The van der Waals surface area contributed by atoms with Gasteiger partial charge < -0.3 is 11.1 Å². The highest BCUT2D eigenvalue weighted by atomic mass is 32.2. The molecule has 0 aliphatic rings. The van der Waals surface area contributed by atoms with E-state index in [0.29, 0.717) is 10.6 Å². The lowest BCUT2D eigenvalue weighted by Gasteiger charge is -2.11. The third-order valence-corrected chi connectivity index (χ3v) is 3.98. The molecule has 3 nitrogen and oxygen atoms in total. The smallest absolute Gasteiger partial charge is 0.234 e. The van der Waals surface area contributed by atoms with Crippen LogP contribution < -0.4 is 11.1 Å². The first-order valence-corrected chi connectivity index (χ1v) is 7.49. The summed E-state index contributed by atoms with van der Waals surface area (Å²) in [6.07, 6.45) is 0. The Kier molecular flexibility index (Phi) is 4.85. The Hall–Kier alpha value is -2.01. The van der Waals surface area contributed by atoms with E-state index in [9.17, 15) is 9.18 Å². The number of halogens is 1. The van der Waals surface area contributed by atoms with Gasteiger partial charge in [-0.2, -0.15) is 0 Å². The number of nitrogens with two attached hydrogens (primary N) is 1. The van der Waals surface area contributed by atoms with Gasteiger partial charge in [-0.3, -0.25) is 4.79 Å². The molecule has 2 rings (SSSR count). The zero-order valence-corrected chi connectivity index (χ0v) is 12.8. The highest BCUT2D eigenvalue weighted by molar-refractivity contribution is 8.00. The molecular weight excluding hydrogens is 287 g/mol. The molecule has 0 aromatic heterocycles. The first-order chi connectivity index (χ1) is 9.95. The number of benzene rings is 2. The number of aryl methyl sites for hydroxylation is 2. The first kappa shape index (κ1) is 15.4. The van der Waals surface area contributed by atoms with E-state index in [0.717, 1.165) is 16.8 Å². The molecule has 110 valence electrons. The molecule has 0 atom stereocenters. The van der Waals surface area contributed by atoms with Crippen LogP contribution in [-0.2, 0) is 4.79 Å². The average Bonchev–Trinajstić information content (AvgIpc) is 2.40. The van der Waals surface area contributed by atoms with Crippen LogP contribution in [0.15, 0.2) is 41.3 Å². The van der Waals surface area contributed by atoms with Crippen molar-refractivity contribution in [3.8, 4) is 0 Å². The minimum atomic E-state index is -0.396. The molecule has 5 heteroatoms. The number of thioether (sulfide) groups is 1. The number of amides is 1. The number of hydrogen-bond acceptors (Lipinski definition) is 3. The molecule has 0 radical (unpaired) electrons. The molecule has 21 heavy (non-hydrogen) atoms. The van der Waals surface area contributed by atoms with Crippen molar-refractivity contribution in [1.82, 2.24) is 0 Å². The van der Waals surface area contributed by atoms with E-state index in [2.05, 4.69) is 5.32 Å². The summed E-state index contributed by atoms with van der Waals surface area (Å²) in [6.45, 7) is 3.89. The fraction of sp³-hybridized carbons (Fsp3) is 0.188. The number of nitrogen functional groups attached to an aromatic ring is 1. The molecular formula is C16H17FN2OS. The lowest BCUT2D eigenvalue weighted by molar-refractivity contribution is -0.113. The van der Waals surface area contributed by atoms with Crippen LogP contribution in [0.4, 0.5) is 15.8 Å². The lowest BCUT2D eigenvalue weighted by Crippen LogP contribution is -2.15. The predicted molar refractivity (Wildman–Crippen MR) is 86.1 cm³/mol. The van der Waals surface area contributed by atoms with Crippen LogP contribution in [0, 0.1) is 19.7 Å². The SMILES string of the molecule is Cc1cccc(C)c1NC(=O)CSc1cc(N)cc(F)c1. The van der Waals surface area contributed by atoms with Gasteiger partial charge in [0.05, 0.1) is 5.75 Å². The van der Waals surface area contributed by atoms with Crippen molar-refractivity contribution >= 4 is 29.0 Å². The van der Waals surface area contributed by atoms with Gasteiger partial charge in [0, 0.05) is 16.3 Å². The maximum atomic E-state index is 13.2. The minimum Gasteiger partial charge on any atom is -0.399 e. The summed E-state index contributed by atoms with van der Waals surface area (Å²) in [7, 11) is 0. The molecule has 0 heterocycles. The zero-order chi connectivity index (χ0) is 15.4. The van der Waals surface area contributed by atoms with E-state index in [1.165, 1.54) is 23.9 Å². The van der Waals surface area contributed by atoms with Crippen molar-refractivity contribution in [1.29, 1.82) is 0 Å². The Bertz CT molecular complexity index is 633. The van der Waals surface area contributed by atoms with Crippen LogP contribution in [0.3, 0.4) is 0 Å². The number of para-hydroxylation sites is 1. The maximum Gasteiger partial charge on any atom is 0.234 e. The van der Waals surface area contributed by atoms with Gasteiger partial charge in [-0.1, -0.05) is 18.2 Å². The Morgan fingerprint density at radius 2 is 1.90 bits per heavy atom. The number of anilines is 2. The van der Waals surface area contributed by atoms with E-state index in [1.54, 1.807) is 6.07 Å². The van der Waals surface area contributed by atoms with Crippen LogP contribution in [0.1, 0.15) is 11.1 Å². The standard InChI is InChI=1S/C16H17FN2OS/c1-10-4-3-5-11(2)16(10)19-15(20)9-21-14-7-12(17)6-13(18)8-14/h3-8H,9,18H2,1-2H3,(H,19,20).